The Hall–Kier alpha value is -1.99. The van der Waals surface area contributed by atoms with Crippen LogP contribution in [0.2, 0.25) is 0 Å². The van der Waals surface area contributed by atoms with E-state index in [9.17, 15) is 61.0 Å². The van der Waals surface area contributed by atoms with Crippen LogP contribution in [-0.2, 0) is 33.2 Å². The molecule has 3 aliphatic rings. The topological polar surface area (TPSA) is 307 Å². The van der Waals surface area contributed by atoms with Gasteiger partial charge in [0.2, 0.25) is 5.91 Å². The van der Waals surface area contributed by atoms with E-state index in [2.05, 4.69) is 43.5 Å². The second kappa shape index (κ2) is 44.5. The Morgan fingerprint density at radius 2 is 0.800 bits per heavy atom. The molecule has 3 saturated heterocycles. The van der Waals surface area contributed by atoms with E-state index in [1.165, 1.54) is 135 Å². The number of carbonyl (C=O) groups excluding carboxylic acids is 1. The fraction of sp³-hybridized carbons (Fsp3) is 0.885. The number of rotatable bonds is 46. The van der Waals surface area contributed by atoms with Gasteiger partial charge in [-0.3, -0.25) is 4.79 Å². The molecule has 0 bridgehead atoms. The highest BCUT2D eigenvalue weighted by Crippen LogP contribution is 2.33. The Morgan fingerprint density at radius 3 is 1.25 bits per heavy atom. The molecule has 19 nitrogen and oxygen atoms in total. The van der Waals surface area contributed by atoms with E-state index in [1.807, 2.05) is 6.08 Å². The summed E-state index contributed by atoms with van der Waals surface area (Å²) in [5.74, 6) is -0.308. The van der Waals surface area contributed by atoms with Crippen molar-refractivity contribution in [1.82, 2.24) is 5.32 Å². The molecule has 19 heteroatoms. The van der Waals surface area contributed by atoms with Crippen LogP contribution in [-0.4, -0.2) is 193 Å². The van der Waals surface area contributed by atoms with E-state index in [-0.39, 0.29) is 18.9 Å². The Balaban J connectivity index is 1.35. The largest absolute Gasteiger partial charge is 0.394 e. The van der Waals surface area contributed by atoms with E-state index in [1.54, 1.807) is 6.08 Å². The Morgan fingerprint density at radius 1 is 0.438 bits per heavy atom. The van der Waals surface area contributed by atoms with Gasteiger partial charge in [0.25, 0.3) is 0 Å². The van der Waals surface area contributed by atoms with Crippen molar-refractivity contribution in [2.45, 2.75) is 317 Å². The standard InChI is InChI=1S/C61H111NO18/c1-3-5-7-9-10-11-12-13-14-15-16-17-18-19-20-21-22-23-24-25-26-27-28-29-30-31-32-33-34-35-36-38-45(66)44(62-49(67)39-37-8-6-4-2)43-75-59-55(73)52(70)57(47(41-64)77-59)80-61-56(74)53(71)58(48(42-65)78-61)79-60-54(72)51(69)50(68)46(40-63)76-60/h28-29,32-33,36,38,44-48,50-61,63-66,68-74H,3-27,30-31,34-35,37,39-43H2,1-2H3,(H,62,67)/b29-28+,33-32+,38-36+. The van der Waals surface area contributed by atoms with Gasteiger partial charge in [-0.1, -0.05) is 198 Å². The summed E-state index contributed by atoms with van der Waals surface area (Å²) in [6.45, 7) is 1.55. The number of hydrogen-bond acceptors (Lipinski definition) is 18. The van der Waals surface area contributed by atoms with Crippen LogP contribution in [0.3, 0.4) is 0 Å². The highest BCUT2D eigenvalue weighted by atomic mass is 16.8. The van der Waals surface area contributed by atoms with Crippen LogP contribution in [0.4, 0.5) is 0 Å². The van der Waals surface area contributed by atoms with Gasteiger partial charge < -0.3 is 89.9 Å². The third kappa shape index (κ3) is 27.8. The van der Waals surface area contributed by atoms with Crippen molar-refractivity contribution in [2.24, 2.45) is 0 Å². The average molecular weight is 1150 g/mol. The third-order valence-electron chi connectivity index (χ3n) is 15.7. The number of ether oxygens (including phenoxy) is 6. The quantitative estimate of drug-likeness (QED) is 0.0242. The van der Waals surface area contributed by atoms with Crippen molar-refractivity contribution >= 4 is 5.91 Å². The predicted molar refractivity (Wildman–Crippen MR) is 305 cm³/mol. The Kier molecular flexibility index (Phi) is 40.2. The van der Waals surface area contributed by atoms with E-state index >= 15 is 0 Å². The van der Waals surface area contributed by atoms with E-state index in [0.29, 0.717) is 12.8 Å². The second-order valence-corrected chi connectivity index (χ2v) is 22.5. The zero-order valence-electron chi connectivity index (χ0n) is 48.8. The zero-order valence-corrected chi connectivity index (χ0v) is 48.8. The highest BCUT2D eigenvalue weighted by molar-refractivity contribution is 5.76. The SMILES string of the molecule is CCCCCCCCCCCCCCCCCCCCCCC/C=C/CC/C=C/CC/C=C/C(O)C(COC1OC(CO)C(OC2OC(CO)C(OC3OC(CO)C(O)C(O)C3O)C(O)C2O)C(O)C1O)NC(=O)CCCCCC. The number of unbranched alkanes of at least 4 members (excludes halogenated alkanes) is 26. The van der Waals surface area contributed by atoms with Crippen molar-refractivity contribution in [2.75, 3.05) is 26.4 Å². The number of nitrogens with one attached hydrogen (secondary N) is 1. The first-order valence-corrected chi connectivity index (χ1v) is 31.2. The maximum Gasteiger partial charge on any atom is 0.220 e. The fourth-order valence-electron chi connectivity index (χ4n) is 10.5. The van der Waals surface area contributed by atoms with Gasteiger partial charge in [0.15, 0.2) is 18.9 Å². The van der Waals surface area contributed by atoms with Gasteiger partial charge in [0.05, 0.1) is 38.6 Å². The maximum absolute atomic E-state index is 13.0. The number of allylic oxidation sites excluding steroid dienone is 5. The third-order valence-corrected chi connectivity index (χ3v) is 15.7. The molecule has 3 fully saturated rings. The molecule has 0 radical (unpaired) electrons. The van der Waals surface area contributed by atoms with Crippen LogP contribution in [0.15, 0.2) is 36.5 Å². The first-order chi connectivity index (χ1) is 38.8. The summed E-state index contributed by atoms with van der Waals surface area (Å²) in [5, 5.41) is 119. The molecule has 17 unspecified atom stereocenters. The van der Waals surface area contributed by atoms with Crippen molar-refractivity contribution in [3.8, 4) is 0 Å². The molecule has 0 aliphatic carbocycles. The van der Waals surface area contributed by atoms with Gasteiger partial charge in [-0.05, 0) is 44.9 Å². The molecule has 468 valence electrons. The van der Waals surface area contributed by atoms with Gasteiger partial charge in [-0.2, -0.15) is 0 Å². The molecule has 0 aromatic rings. The van der Waals surface area contributed by atoms with E-state index < -0.39 is 124 Å². The van der Waals surface area contributed by atoms with Crippen LogP contribution >= 0.6 is 0 Å². The first-order valence-electron chi connectivity index (χ1n) is 31.2. The normalized spacial score (nSPS) is 30.2. The average Bonchev–Trinajstić information content (AvgIpc) is 3.46. The number of aliphatic hydroxyl groups excluding tert-OH is 11. The lowest BCUT2D eigenvalue weighted by Crippen LogP contribution is -2.66. The minimum atomic E-state index is -1.98. The Bertz CT molecular complexity index is 1600. The molecule has 3 heterocycles. The van der Waals surface area contributed by atoms with Crippen LogP contribution in [0.25, 0.3) is 0 Å². The monoisotopic (exact) mass is 1150 g/mol. The lowest BCUT2D eigenvalue weighted by molar-refractivity contribution is -0.379. The molecule has 1 amide bonds. The van der Waals surface area contributed by atoms with Crippen LogP contribution < -0.4 is 5.32 Å². The second-order valence-electron chi connectivity index (χ2n) is 22.5. The minimum absolute atomic E-state index is 0.223. The first kappa shape index (κ1) is 72.3. The van der Waals surface area contributed by atoms with Crippen molar-refractivity contribution in [3.05, 3.63) is 36.5 Å². The molecular weight excluding hydrogens is 1030 g/mol. The Labute approximate surface area is 479 Å². The lowest BCUT2D eigenvalue weighted by atomic mass is 9.96. The summed E-state index contributed by atoms with van der Waals surface area (Å²) in [7, 11) is 0. The van der Waals surface area contributed by atoms with Gasteiger partial charge in [0, 0.05) is 6.42 Å². The summed E-state index contributed by atoms with van der Waals surface area (Å²) >= 11 is 0. The van der Waals surface area contributed by atoms with Gasteiger partial charge in [-0.25, -0.2) is 0 Å². The molecule has 12 N–H and O–H groups in total. The molecule has 80 heavy (non-hydrogen) atoms. The predicted octanol–water partition coefficient (Wildman–Crippen LogP) is 6.10. The maximum atomic E-state index is 13.0. The summed E-state index contributed by atoms with van der Waals surface area (Å²) in [6, 6.07) is -0.990. The molecule has 0 saturated carbocycles. The zero-order chi connectivity index (χ0) is 58.3. The number of carbonyl (C=O) groups is 1. The fourth-order valence-corrected chi connectivity index (χ4v) is 10.5. The summed E-state index contributed by atoms with van der Waals surface area (Å²) in [6.07, 6.45) is 22.6. The van der Waals surface area contributed by atoms with Crippen LogP contribution in [0.5, 0.6) is 0 Å². The van der Waals surface area contributed by atoms with E-state index in [0.717, 1.165) is 44.9 Å². The molecule has 17 atom stereocenters. The highest BCUT2D eigenvalue weighted by Gasteiger charge is 2.53. The summed E-state index contributed by atoms with van der Waals surface area (Å²) in [4.78, 5) is 13.0. The molecule has 3 rings (SSSR count). The number of amides is 1. The van der Waals surface area contributed by atoms with Crippen molar-refractivity contribution in [1.29, 1.82) is 0 Å². The summed E-state index contributed by atoms with van der Waals surface area (Å²) < 4.78 is 34.0. The molecule has 0 aromatic carbocycles. The van der Waals surface area contributed by atoms with Crippen molar-refractivity contribution in [3.63, 3.8) is 0 Å². The molecule has 0 aromatic heterocycles. The van der Waals surface area contributed by atoms with Crippen molar-refractivity contribution < 1.29 is 89.4 Å². The molecule has 3 aliphatic heterocycles. The lowest BCUT2D eigenvalue weighted by Gasteiger charge is -2.48. The smallest absolute Gasteiger partial charge is 0.220 e. The number of aliphatic hydroxyl groups is 11. The van der Waals surface area contributed by atoms with Gasteiger partial charge >= 0.3 is 0 Å². The number of hydrogen-bond donors (Lipinski definition) is 12. The van der Waals surface area contributed by atoms with Crippen LogP contribution in [0, 0.1) is 0 Å². The molecular formula is C61H111NO18. The summed E-state index contributed by atoms with van der Waals surface area (Å²) in [5.41, 5.74) is 0. The molecule has 0 spiro atoms. The van der Waals surface area contributed by atoms with E-state index in [4.69, 9.17) is 28.4 Å². The van der Waals surface area contributed by atoms with Gasteiger partial charge in [0.1, 0.15) is 73.2 Å². The minimum Gasteiger partial charge on any atom is -0.394 e. The van der Waals surface area contributed by atoms with Crippen LogP contribution in [0.1, 0.15) is 213 Å². The van der Waals surface area contributed by atoms with Gasteiger partial charge in [-0.15, -0.1) is 0 Å².